The Kier molecular flexibility index (Phi) is 10.5. The molecule has 3 aromatic rings. The summed E-state index contributed by atoms with van der Waals surface area (Å²) in [6, 6.07) is 15.0. The zero-order chi connectivity index (χ0) is 27.7. The molecule has 0 spiro atoms. The molecule has 198 valence electrons. The van der Waals surface area contributed by atoms with Crippen LogP contribution in [0.3, 0.4) is 0 Å². The summed E-state index contributed by atoms with van der Waals surface area (Å²) in [6.07, 6.45) is 1.33. The number of carbonyl (C=O) groups excluding carboxylic acids is 3. The fourth-order valence-corrected chi connectivity index (χ4v) is 3.65. The molecular weight excluding hydrogens is 599 g/mol. The Morgan fingerprint density at radius 2 is 1.76 bits per heavy atom. The molecule has 0 unspecified atom stereocenters. The fourth-order valence-electron chi connectivity index (χ4n) is 3.05. The van der Waals surface area contributed by atoms with Gasteiger partial charge in [-0.1, -0.05) is 45.2 Å². The maximum absolute atomic E-state index is 12.3. The van der Waals surface area contributed by atoms with Crippen LogP contribution in [-0.2, 0) is 14.4 Å². The smallest absolute Gasteiger partial charge is 0.329 e. The monoisotopic (exact) mass is 620 g/mol. The lowest BCUT2D eigenvalue weighted by Crippen LogP contribution is -2.32. The number of hydrogen-bond donors (Lipinski definition) is 3. The molecule has 0 saturated carbocycles. The van der Waals surface area contributed by atoms with E-state index in [0.29, 0.717) is 29.4 Å². The number of ether oxygens (including phenoxy) is 2. The molecule has 3 N–H and O–H groups in total. The van der Waals surface area contributed by atoms with Crippen molar-refractivity contribution in [3.05, 3.63) is 80.2 Å². The highest BCUT2D eigenvalue weighted by atomic mass is 79.9. The lowest BCUT2D eigenvalue weighted by molar-refractivity contribution is -0.136. The van der Waals surface area contributed by atoms with Crippen molar-refractivity contribution in [2.24, 2.45) is 5.10 Å². The maximum Gasteiger partial charge on any atom is 0.329 e. The van der Waals surface area contributed by atoms with Crippen molar-refractivity contribution in [3.8, 4) is 11.5 Å². The summed E-state index contributed by atoms with van der Waals surface area (Å²) in [6.45, 7) is 3.85. The van der Waals surface area contributed by atoms with Crippen molar-refractivity contribution in [1.82, 2.24) is 5.43 Å². The van der Waals surface area contributed by atoms with E-state index in [1.807, 2.05) is 19.1 Å². The maximum atomic E-state index is 12.3. The second-order valence-electron chi connectivity index (χ2n) is 7.69. The molecule has 0 aromatic heterocycles. The molecule has 0 atom stereocenters. The molecule has 3 amide bonds. The van der Waals surface area contributed by atoms with Crippen LogP contribution in [0.1, 0.15) is 18.1 Å². The minimum Gasteiger partial charge on any atom is -0.490 e. The highest BCUT2D eigenvalue weighted by Gasteiger charge is 2.15. The number of rotatable bonds is 9. The Labute approximate surface area is 237 Å². The topological polar surface area (TPSA) is 118 Å². The third kappa shape index (κ3) is 8.20. The number of halogens is 3. The van der Waals surface area contributed by atoms with Crippen LogP contribution in [-0.4, -0.2) is 37.1 Å². The summed E-state index contributed by atoms with van der Waals surface area (Å²) in [5.74, 6) is -1.58. The van der Waals surface area contributed by atoms with Gasteiger partial charge in [-0.3, -0.25) is 14.4 Å². The molecular formula is C26H23BrCl2N4O5. The van der Waals surface area contributed by atoms with Gasteiger partial charge in [0, 0.05) is 10.2 Å². The lowest BCUT2D eigenvalue weighted by Gasteiger charge is -2.13. The number of nitrogens with one attached hydrogen (secondary N) is 3. The number of hydrazone groups is 1. The van der Waals surface area contributed by atoms with E-state index in [-0.39, 0.29) is 28.2 Å². The van der Waals surface area contributed by atoms with Crippen molar-refractivity contribution in [1.29, 1.82) is 0 Å². The molecule has 0 bridgehead atoms. The van der Waals surface area contributed by atoms with Gasteiger partial charge >= 0.3 is 11.8 Å². The van der Waals surface area contributed by atoms with E-state index in [1.165, 1.54) is 12.3 Å². The molecule has 9 nitrogen and oxygen atoms in total. The average molecular weight is 622 g/mol. The second-order valence-corrected chi connectivity index (χ2v) is 9.33. The van der Waals surface area contributed by atoms with Gasteiger partial charge in [0.25, 0.3) is 5.91 Å². The van der Waals surface area contributed by atoms with Crippen LogP contribution < -0.4 is 25.5 Å². The highest BCUT2D eigenvalue weighted by molar-refractivity contribution is 9.10. The SMILES string of the molecule is CCOc1cc(/C=N\NC(=O)C(=O)Nc2cccc(Cl)c2Cl)ccc1OCC(=O)Nc1ccc(Br)c(C)c1. The Morgan fingerprint density at radius 3 is 2.50 bits per heavy atom. The first-order valence-corrected chi connectivity index (χ1v) is 12.8. The van der Waals surface area contributed by atoms with Gasteiger partial charge in [-0.25, -0.2) is 5.43 Å². The van der Waals surface area contributed by atoms with Crippen LogP contribution in [0.4, 0.5) is 11.4 Å². The van der Waals surface area contributed by atoms with Crippen LogP contribution in [0.15, 0.2) is 64.2 Å². The van der Waals surface area contributed by atoms with Gasteiger partial charge < -0.3 is 20.1 Å². The molecule has 3 rings (SSSR count). The Morgan fingerprint density at radius 1 is 0.974 bits per heavy atom. The lowest BCUT2D eigenvalue weighted by atomic mass is 10.2. The zero-order valence-electron chi connectivity index (χ0n) is 20.3. The molecule has 0 aliphatic rings. The zero-order valence-corrected chi connectivity index (χ0v) is 23.4. The van der Waals surface area contributed by atoms with Crippen LogP contribution in [0.5, 0.6) is 11.5 Å². The van der Waals surface area contributed by atoms with Gasteiger partial charge in [-0.05, 0) is 73.5 Å². The molecule has 0 radical (unpaired) electrons. The first-order valence-electron chi connectivity index (χ1n) is 11.2. The predicted octanol–water partition coefficient (Wildman–Crippen LogP) is 5.57. The number of nitrogens with zero attached hydrogens (tertiary/aromatic N) is 1. The van der Waals surface area contributed by atoms with E-state index in [2.05, 4.69) is 37.1 Å². The molecule has 38 heavy (non-hydrogen) atoms. The van der Waals surface area contributed by atoms with Gasteiger partial charge in [0.05, 0.1) is 28.6 Å². The first kappa shape index (κ1) is 29.0. The Bertz CT molecular complexity index is 1380. The van der Waals surface area contributed by atoms with Crippen LogP contribution in [0.2, 0.25) is 10.0 Å². The Balaban J connectivity index is 1.57. The van der Waals surface area contributed by atoms with Crippen LogP contribution in [0.25, 0.3) is 0 Å². The third-order valence-corrected chi connectivity index (χ3v) is 6.56. The number of benzene rings is 3. The van der Waals surface area contributed by atoms with Crippen molar-refractivity contribution in [3.63, 3.8) is 0 Å². The van der Waals surface area contributed by atoms with E-state index < -0.39 is 11.8 Å². The van der Waals surface area contributed by atoms with Crippen molar-refractivity contribution in [2.45, 2.75) is 13.8 Å². The summed E-state index contributed by atoms with van der Waals surface area (Å²) in [5.41, 5.74) is 4.52. The molecule has 0 aliphatic heterocycles. The minimum atomic E-state index is -1.01. The first-order chi connectivity index (χ1) is 18.2. The molecule has 0 aliphatic carbocycles. The summed E-state index contributed by atoms with van der Waals surface area (Å²) in [4.78, 5) is 36.5. The number of anilines is 2. The quantitative estimate of drug-likeness (QED) is 0.164. The van der Waals surface area contributed by atoms with Crippen molar-refractivity contribution >= 4 is 74.4 Å². The van der Waals surface area contributed by atoms with Gasteiger partial charge in [-0.2, -0.15) is 5.10 Å². The van der Waals surface area contributed by atoms with E-state index in [9.17, 15) is 14.4 Å². The van der Waals surface area contributed by atoms with Crippen LogP contribution in [0, 0.1) is 6.92 Å². The number of aryl methyl sites for hydroxylation is 1. The van der Waals surface area contributed by atoms with E-state index in [4.69, 9.17) is 32.7 Å². The summed E-state index contributed by atoms with van der Waals surface area (Å²) in [5, 5.41) is 9.30. The number of carbonyl (C=O) groups is 3. The molecule has 0 fully saturated rings. The van der Waals surface area contributed by atoms with Gasteiger partial charge in [-0.15, -0.1) is 0 Å². The number of amides is 3. The van der Waals surface area contributed by atoms with Crippen LogP contribution >= 0.6 is 39.1 Å². The van der Waals surface area contributed by atoms with E-state index >= 15 is 0 Å². The second kappa shape index (κ2) is 13.8. The minimum absolute atomic E-state index is 0.116. The molecule has 12 heteroatoms. The van der Waals surface area contributed by atoms with Crippen molar-refractivity contribution in [2.75, 3.05) is 23.8 Å². The predicted molar refractivity (Wildman–Crippen MR) is 151 cm³/mol. The summed E-state index contributed by atoms with van der Waals surface area (Å²) >= 11 is 15.3. The molecule has 0 heterocycles. The standard InChI is InChI=1S/C26H23BrCl2N4O5/c1-3-37-22-12-16(13-30-33-26(36)25(35)32-20-6-4-5-19(28)24(20)29)7-10-21(22)38-14-23(34)31-17-8-9-18(27)15(2)11-17/h4-13H,3,14H2,1-2H3,(H,31,34)(H,32,35)(H,33,36)/b30-13-. The van der Waals surface area contributed by atoms with Gasteiger partial charge in [0.2, 0.25) is 0 Å². The molecule has 3 aromatic carbocycles. The van der Waals surface area contributed by atoms with Gasteiger partial charge in [0.15, 0.2) is 18.1 Å². The summed E-state index contributed by atoms with van der Waals surface area (Å²) < 4.78 is 12.2. The normalized spacial score (nSPS) is 10.7. The fraction of sp³-hybridized carbons (Fsp3) is 0.154. The number of hydrogen-bond acceptors (Lipinski definition) is 6. The highest BCUT2D eigenvalue weighted by Crippen LogP contribution is 2.30. The average Bonchev–Trinajstić information content (AvgIpc) is 2.88. The van der Waals surface area contributed by atoms with E-state index in [0.717, 1.165) is 10.0 Å². The van der Waals surface area contributed by atoms with Gasteiger partial charge in [0.1, 0.15) is 0 Å². The third-order valence-electron chi connectivity index (χ3n) is 4.85. The largest absolute Gasteiger partial charge is 0.490 e. The Hall–Kier alpha value is -3.60. The van der Waals surface area contributed by atoms with Crippen molar-refractivity contribution < 1.29 is 23.9 Å². The van der Waals surface area contributed by atoms with E-state index in [1.54, 1.807) is 43.3 Å². The summed E-state index contributed by atoms with van der Waals surface area (Å²) in [7, 11) is 0. The molecule has 0 saturated heterocycles.